The molecule has 0 aromatic carbocycles. The van der Waals surface area contributed by atoms with Crippen LogP contribution in [0.4, 0.5) is 13.2 Å². The van der Waals surface area contributed by atoms with Gasteiger partial charge in [0.25, 0.3) is 0 Å². The van der Waals surface area contributed by atoms with Gasteiger partial charge in [-0.15, -0.1) is 0 Å². The van der Waals surface area contributed by atoms with E-state index in [1.807, 2.05) is 0 Å². The first kappa shape index (κ1) is 8.76. The molecule has 0 N–H and O–H groups in total. The summed E-state index contributed by atoms with van der Waals surface area (Å²) < 4.78 is 35.0. The summed E-state index contributed by atoms with van der Waals surface area (Å²) in [6.07, 6.45) is -5.91. The average molecular weight is 172 g/mol. The van der Waals surface area contributed by atoms with Crippen LogP contribution in [0.25, 0.3) is 0 Å². The fraction of sp³-hybridized carbons (Fsp3) is 1.00. The molecule has 0 aromatic rings. The normalized spacial score (nSPS) is 27.0. The minimum absolute atomic E-state index is 0.140. The van der Waals surface area contributed by atoms with Gasteiger partial charge in [-0.2, -0.15) is 13.2 Å². The van der Waals surface area contributed by atoms with E-state index in [0.29, 0.717) is 0 Å². The molecule has 0 radical (unpaired) electrons. The van der Waals surface area contributed by atoms with Crippen molar-refractivity contribution in [2.75, 3.05) is 6.61 Å². The first-order valence-electron chi connectivity index (χ1n) is 3.09. The molecular formula is C5H7F3O3. The summed E-state index contributed by atoms with van der Waals surface area (Å²) >= 11 is 0. The van der Waals surface area contributed by atoms with Gasteiger partial charge in [-0.25, -0.2) is 9.78 Å². The van der Waals surface area contributed by atoms with Crippen molar-refractivity contribution in [3.8, 4) is 0 Å². The molecule has 1 unspecified atom stereocenters. The predicted octanol–water partition coefficient (Wildman–Crippen LogP) is 1.59. The van der Waals surface area contributed by atoms with Gasteiger partial charge in [-0.05, 0) is 0 Å². The fourth-order valence-electron chi connectivity index (χ4n) is 0.739. The summed E-state index contributed by atoms with van der Waals surface area (Å²) in [6.45, 7) is 0.140. The molecule has 0 aliphatic carbocycles. The van der Waals surface area contributed by atoms with Crippen LogP contribution in [0.5, 0.6) is 0 Å². The molecular weight excluding hydrogens is 165 g/mol. The highest BCUT2D eigenvalue weighted by Crippen LogP contribution is 2.25. The van der Waals surface area contributed by atoms with Crippen molar-refractivity contribution in [3.05, 3.63) is 0 Å². The van der Waals surface area contributed by atoms with Gasteiger partial charge < -0.3 is 0 Å². The van der Waals surface area contributed by atoms with Crippen LogP contribution >= 0.6 is 0 Å². The number of alkyl halides is 3. The highest BCUT2D eigenvalue weighted by atomic mass is 19.4. The first-order valence-corrected chi connectivity index (χ1v) is 3.09. The summed E-state index contributed by atoms with van der Waals surface area (Å²) in [5.41, 5.74) is 0. The predicted molar refractivity (Wildman–Crippen MR) is 27.2 cm³/mol. The minimum Gasteiger partial charge on any atom is -0.206 e. The Bertz CT molecular complexity index is 119. The highest BCUT2D eigenvalue weighted by molar-refractivity contribution is 4.62. The quantitative estimate of drug-likeness (QED) is 0.562. The van der Waals surface area contributed by atoms with Gasteiger partial charge in [-0.3, -0.25) is 0 Å². The van der Waals surface area contributed by atoms with E-state index < -0.39 is 18.7 Å². The second-order valence-corrected chi connectivity index (χ2v) is 2.22. The van der Waals surface area contributed by atoms with Crippen molar-refractivity contribution < 1.29 is 28.0 Å². The highest BCUT2D eigenvalue weighted by Gasteiger charge is 2.34. The molecule has 0 bridgehead atoms. The van der Waals surface area contributed by atoms with Crippen LogP contribution in [0.1, 0.15) is 12.8 Å². The van der Waals surface area contributed by atoms with Gasteiger partial charge >= 0.3 is 6.18 Å². The lowest BCUT2D eigenvalue weighted by Crippen LogP contribution is -2.27. The molecule has 66 valence electrons. The molecule has 6 heteroatoms. The molecule has 0 saturated carbocycles. The molecule has 1 rings (SSSR count). The van der Waals surface area contributed by atoms with Gasteiger partial charge in [0.1, 0.15) is 6.10 Å². The Balaban J connectivity index is 2.24. The second-order valence-electron chi connectivity index (χ2n) is 2.22. The lowest BCUT2D eigenvalue weighted by molar-refractivity contribution is -0.551. The van der Waals surface area contributed by atoms with Crippen LogP contribution in [-0.4, -0.2) is 18.9 Å². The molecule has 1 saturated heterocycles. The van der Waals surface area contributed by atoms with Crippen LogP contribution in [-0.2, 0) is 14.8 Å². The van der Waals surface area contributed by atoms with Crippen molar-refractivity contribution in [1.82, 2.24) is 0 Å². The Morgan fingerprint density at radius 2 is 2.09 bits per heavy atom. The standard InChI is InChI=1S/C5H7F3O3/c6-5(7,8)3-4-1-2-9-11-10-4/h4H,1-3H2. The lowest BCUT2D eigenvalue weighted by atomic mass is 10.2. The van der Waals surface area contributed by atoms with Crippen molar-refractivity contribution in [3.63, 3.8) is 0 Å². The van der Waals surface area contributed by atoms with E-state index >= 15 is 0 Å². The van der Waals surface area contributed by atoms with Gasteiger partial charge in [0.05, 0.1) is 13.0 Å². The van der Waals surface area contributed by atoms with Crippen LogP contribution in [0.3, 0.4) is 0 Å². The molecule has 1 fully saturated rings. The number of hydrogen-bond donors (Lipinski definition) is 0. The summed E-state index contributed by atoms with van der Waals surface area (Å²) in [5.74, 6) is 0. The van der Waals surface area contributed by atoms with Crippen LogP contribution in [0.2, 0.25) is 0 Å². The zero-order valence-electron chi connectivity index (χ0n) is 5.56. The molecule has 3 nitrogen and oxygen atoms in total. The van der Waals surface area contributed by atoms with Gasteiger partial charge in [0.15, 0.2) is 0 Å². The van der Waals surface area contributed by atoms with E-state index in [1.165, 1.54) is 0 Å². The minimum atomic E-state index is -4.20. The van der Waals surface area contributed by atoms with Crippen LogP contribution in [0, 0.1) is 0 Å². The third-order valence-corrected chi connectivity index (χ3v) is 1.21. The van der Waals surface area contributed by atoms with Crippen molar-refractivity contribution in [1.29, 1.82) is 0 Å². The van der Waals surface area contributed by atoms with Gasteiger partial charge in [0, 0.05) is 6.42 Å². The number of halogens is 3. The summed E-state index contributed by atoms with van der Waals surface area (Å²) in [4.78, 5) is 8.44. The van der Waals surface area contributed by atoms with Crippen molar-refractivity contribution in [2.24, 2.45) is 0 Å². The molecule has 1 heterocycles. The van der Waals surface area contributed by atoms with E-state index in [9.17, 15) is 13.2 Å². The van der Waals surface area contributed by atoms with Gasteiger partial charge in [0.2, 0.25) is 0 Å². The third kappa shape index (κ3) is 3.54. The van der Waals surface area contributed by atoms with Crippen LogP contribution < -0.4 is 0 Å². The zero-order valence-corrected chi connectivity index (χ0v) is 5.56. The molecule has 0 spiro atoms. The maximum atomic E-state index is 11.7. The smallest absolute Gasteiger partial charge is 0.206 e. The Morgan fingerprint density at radius 3 is 2.55 bits per heavy atom. The number of rotatable bonds is 1. The molecule has 0 amide bonds. The van der Waals surface area contributed by atoms with Gasteiger partial charge in [-0.1, -0.05) is 5.04 Å². The maximum Gasteiger partial charge on any atom is 0.391 e. The van der Waals surface area contributed by atoms with Crippen molar-refractivity contribution >= 4 is 0 Å². The van der Waals surface area contributed by atoms with E-state index in [1.54, 1.807) is 0 Å². The summed E-state index contributed by atoms with van der Waals surface area (Å²) in [6, 6.07) is 0. The Labute approximate surface area is 60.9 Å². The second kappa shape index (κ2) is 3.38. The van der Waals surface area contributed by atoms with Crippen LogP contribution in [0.15, 0.2) is 0 Å². The first-order chi connectivity index (χ1) is 5.08. The Hall–Kier alpha value is -0.330. The summed E-state index contributed by atoms with van der Waals surface area (Å²) in [5, 5.41) is 3.93. The zero-order chi connectivity index (χ0) is 8.32. The lowest BCUT2D eigenvalue weighted by Gasteiger charge is -2.20. The molecule has 0 aromatic heterocycles. The topological polar surface area (TPSA) is 27.7 Å². The monoisotopic (exact) mass is 172 g/mol. The van der Waals surface area contributed by atoms with E-state index in [0.717, 1.165) is 0 Å². The molecule has 1 atom stereocenters. The summed E-state index contributed by atoms with van der Waals surface area (Å²) in [7, 11) is 0. The average Bonchev–Trinajstić information content (AvgIpc) is 1.85. The van der Waals surface area contributed by atoms with E-state index in [-0.39, 0.29) is 13.0 Å². The molecule has 1 aliphatic rings. The SMILES string of the molecule is FC(F)(F)CC1CCOOO1. The Kier molecular flexibility index (Phi) is 2.69. The van der Waals surface area contributed by atoms with E-state index in [2.05, 4.69) is 14.8 Å². The third-order valence-electron chi connectivity index (χ3n) is 1.21. The molecule has 1 aliphatic heterocycles. The molecule has 11 heavy (non-hydrogen) atoms. The number of hydrogen-bond acceptors (Lipinski definition) is 3. The largest absolute Gasteiger partial charge is 0.391 e. The van der Waals surface area contributed by atoms with E-state index in [4.69, 9.17) is 0 Å². The van der Waals surface area contributed by atoms with Crippen molar-refractivity contribution in [2.45, 2.75) is 25.1 Å². The maximum absolute atomic E-state index is 11.7. The fourth-order valence-corrected chi connectivity index (χ4v) is 0.739. The Morgan fingerprint density at radius 1 is 1.36 bits per heavy atom.